The first-order valence-electron chi connectivity index (χ1n) is 14.5. The molecular weight excluding hydrogens is 454 g/mol. The number of nitrogens with one attached hydrogen (secondary N) is 1. The number of carbonyl (C=O) groups is 1. The smallest absolute Gasteiger partial charge is 0.219 e. The van der Waals surface area contributed by atoms with E-state index >= 15 is 0 Å². The number of thioether (sulfide) groups is 1. The van der Waals surface area contributed by atoms with Crippen LogP contribution in [0.5, 0.6) is 11.5 Å². The van der Waals surface area contributed by atoms with Crippen molar-refractivity contribution in [2.24, 2.45) is 0 Å². The Bertz CT molecular complexity index is 594. The summed E-state index contributed by atoms with van der Waals surface area (Å²) in [5, 5.41) is 12.2. The van der Waals surface area contributed by atoms with Crippen LogP contribution in [0.1, 0.15) is 122 Å². The molecule has 0 spiro atoms. The highest BCUT2D eigenvalue weighted by Crippen LogP contribution is 2.16. The van der Waals surface area contributed by atoms with E-state index in [1.54, 1.807) is 24.3 Å². The summed E-state index contributed by atoms with van der Waals surface area (Å²) in [5.74, 6) is 3.82. The second kappa shape index (κ2) is 24.3. The zero-order chi connectivity index (χ0) is 25.2. The molecule has 1 amide bonds. The summed E-state index contributed by atoms with van der Waals surface area (Å²) in [6.45, 7) is 3.49. The number of carbonyl (C=O) groups excluding carboxylic acids is 1. The van der Waals surface area contributed by atoms with E-state index in [-0.39, 0.29) is 11.7 Å². The molecule has 0 aliphatic carbocycles. The average molecular weight is 508 g/mol. The molecule has 5 heteroatoms. The Labute approximate surface area is 220 Å². The van der Waals surface area contributed by atoms with Crippen molar-refractivity contribution in [3.8, 4) is 11.5 Å². The van der Waals surface area contributed by atoms with Crippen molar-refractivity contribution in [3.05, 3.63) is 24.3 Å². The molecule has 1 aromatic carbocycles. The van der Waals surface area contributed by atoms with Crippen LogP contribution >= 0.6 is 11.8 Å². The lowest BCUT2D eigenvalue weighted by atomic mass is 10.1. The van der Waals surface area contributed by atoms with Crippen molar-refractivity contribution in [3.63, 3.8) is 0 Å². The normalized spacial score (nSPS) is 11.0. The Morgan fingerprint density at radius 3 is 1.83 bits per heavy atom. The first-order chi connectivity index (χ1) is 17.2. The number of ether oxygens (including phenoxy) is 1. The van der Waals surface area contributed by atoms with Gasteiger partial charge >= 0.3 is 0 Å². The van der Waals surface area contributed by atoms with Gasteiger partial charge in [0, 0.05) is 13.0 Å². The van der Waals surface area contributed by atoms with Crippen molar-refractivity contribution < 1.29 is 14.6 Å². The van der Waals surface area contributed by atoms with Crippen molar-refractivity contribution >= 4 is 17.7 Å². The SMILES string of the molecule is CCCCCCCCCCSCCCCCCCCCCC(=O)NCCCOc1ccc(O)cc1. The highest BCUT2D eigenvalue weighted by atomic mass is 32.2. The minimum atomic E-state index is 0.152. The van der Waals surface area contributed by atoms with Crippen molar-refractivity contribution in [1.82, 2.24) is 5.32 Å². The molecule has 0 saturated carbocycles. The number of phenolic OH excluding ortho intramolecular Hbond substituents is 1. The number of hydrogen-bond acceptors (Lipinski definition) is 4. The largest absolute Gasteiger partial charge is 0.508 e. The van der Waals surface area contributed by atoms with E-state index in [2.05, 4.69) is 24.0 Å². The van der Waals surface area contributed by atoms with Crippen LogP contribution in [0.2, 0.25) is 0 Å². The Hall–Kier alpha value is -1.36. The third kappa shape index (κ3) is 21.6. The van der Waals surface area contributed by atoms with Gasteiger partial charge in [-0.2, -0.15) is 11.8 Å². The van der Waals surface area contributed by atoms with E-state index in [1.807, 2.05) is 0 Å². The molecular formula is C30H53NO3S. The van der Waals surface area contributed by atoms with Crippen LogP contribution in [-0.2, 0) is 4.79 Å². The van der Waals surface area contributed by atoms with Gasteiger partial charge in [0.05, 0.1) is 6.61 Å². The summed E-state index contributed by atoms with van der Waals surface area (Å²) in [5.41, 5.74) is 0. The van der Waals surface area contributed by atoms with Crippen LogP contribution in [0.25, 0.3) is 0 Å². The van der Waals surface area contributed by atoms with E-state index in [4.69, 9.17) is 4.74 Å². The van der Waals surface area contributed by atoms with Gasteiger partial charge in [0.25, 0.3) is 0 Å². The number of unbranched alkanes of at least 4 members (excludes halogenated alkanes) is 14. The topological polar surface area (TPSA) is 58.6 Å². The van der Waals surface area contributed by atoms with Gasteiger partial charge in [-0.05, 0) is 61.5 Å². The molecule has 1 rings (SSSR count). The minimum absolute atomic E-state index is 0.152. The highest BCUT2D eigenvalue weighted by molar-refractivity contribution is 7.99. The molecule has 0 heterocycles. The van der Waals surface area contributed by atoms with Gasteiger partial charge in [-0.25, -0.2) is 0 Å². The maximum atomic E-state index is 11.9. The Morgan fingerprint density at radius 2 is 1.26 bits per heavy atom. The summed E-state index contributed by atoms with van der Waals surface area (Å²) >= 11 is 2.16. The molecule has 1 aromatic rings. The molecule has 0 bridgehead atoms. The number of benzene rings is 1. The van der Waals surface area contributed by atoms with E-state index in [0.717, 1.165) is 25.0 Å². The van der Waals surface area contributed by atoms with Crippen LogP contribution in [0.3, 0.4) is 0 Å². The number of phenols is 1. The van der Waals surface area contributed by atoms with Crippen molar-refractivity contribution in [1.29, 1.82) is 0 Å². The van der Waals surface area contributed by atoms with Crippen LogP contribution in [0, 0.1) is 0 Å². The molecule has 0 radical (unpaired) electrons. The summed E-state index contributed by atoms with van der Waals surface area (Å²) in [6, 6.07) is 6.70. The number of aromatic hydroxyl groups is 1. The van der Waals surface area contributed by atoms with Crippen LogP contribution in [-0.4, -0.2) is 35.7 Å². The first-order valence-corrected chi connectivity index (χ1v) is 15.6. The summed E-state index contributed by atoms with van der Waals surface area (Å²) in [7, 11) is 0. The van der Waals surface area contributed by atoms with Gasteiger partial charge in [0.2, 0.25) is 5.91 Å². The zero-order valence-electron chi connectivity index (χ0n) is 22.5. The molecule has 2 N–H and O–H groups in total. The second-order valence-corrected chi connectivity index (χ2v) is 10.9. The minimum Gasteiger partial charge on any atom is -0.508 e. The fraction of sp³-hybridized carbons (Fsp3) is 0.767. The third-order valence-electron chi connectivity index (χ3n) is 6.33. The molecule has 0 aromatic heterocycles. The van der Waals surface area contributed by atoms with Gasteiger partial charge in [-0.15, -0.1) is 0 Å². The fourth-order valence-corrected chi connectivity index (χ4v) is 5.13. The van der Waals surface area contributed by atoms with Crippen LogP contribution < -0.4 is 10.1 Å². The van der Waals surface area contributed by atoms with Gasteiger partial charge in [-0.3, -0.25) is 4.79 Å². The molecule has 0 atom stereocenters. The maximum Gasteiger partial charge on any atom is 0.219 e. The molecule has 202 valence electrons. The second-order valence-electron chi connectivity index (χ2n) is 9.71. The summed E-state index contributed by atoms with van der Waals surface area (Å²) < 4.78 is 5.58. The Morgan fingerprint density at radius 1 is 0.743 bits per heavy atom. The highest BCUT2D eigenvalue weighted by Gasteiger charge is 2.01. The number of rotatable bonds is 25. The average Bonchev–Trinajstić information content (AvgIpc) is 2.86. The van der Waals surface area contributed by atoms with Gasteiger partial charge < -0.3 is 15.2 Å². The number of amides is 1. The lowest BCUT2D eigenvalue weighted by molar-refractivity contribution is -0.121. The molecule has 35 heavy (non-hydrogen) atoms. The van der Waals surface area contributed by atoms with Gasteiger partial charge in [0.15, 0.2) is 0 Å². The van der Waals surface area contributed by atoms with Gasteiger partial charge in [0.1, 0.15) is 11.5 Å². The van der Waals surface area contributed by atoms with Crippen LogP contribution in [0.15, 0.2) is 24.3 Å². The summed E-state index contributed by atoms with van der Waals surface area (Å²) in [6.07, 6.45) is 22.9. The third-order valence-corrected chi connectivity index (χ3v) is 7.49. The molecule has 0 saturated heterocycles. The Balaban J connectivity index is 1.73. The summed E-state index contributed by atoms with van der Waals surface area (Å²) in [4.78, 5) is 11.9. The van der Waals surface area contributed by atoms with E-state index in [9.17, 15) is 9.90 Å². The first kappa shape index (κ1) is 31.7. The zero-order valence-corrected chi connectivity index (χ0v) is 23.4. The van der Waals surface area contributed by atoms with E-state index < -0.39 is 0 Å². The van der Waals surface area contributed by atoms with E-state index in [1.165, 1.54) is 101 Å². The fourth-order valence-electron chi connectivity index (χ4n) is 4.11. The Kier molecular flexibility index (Phi) is 22.0. The predicted octanol–water partition coefficient (Wildman–Crippen LogP) is 8.66. The maximum absolute atomic E-state index is 11.9. The number of hydrogen-bond donors (Lipinski definition) is 2. The van der Waals surface area contributed by atoms with Crippen molar-refractivity contribution in [2.75, 3.05) is 24.7 Å². The van der Waals surface area contributed by atoms with Crippen LogP contribution in [0.4, 0.5) is 0 Å². The molecule has 0 fully saturated rings. The van der Waals surface area contributed by atoms with E-state index in [0.29, 0.717) is 19.6 Å². The quantitative estimate of drug-likeness (QED) is 0.130. The van der Waals surface area contributed by atoms with Crippen molar-refractivity contribution in [2.45, 2.75) is 122 Å². The molecule has 4 nitrogen and oxygen atoms in total. The predicted molar refractivity (Wildman–Crippen MR) is 153 cm³/mol. The monoisotopic (exact) mass is 507 g/mol. The standard InChI is InChI=1S/C30H53NO3S/c1-2-3-4-5-6-10-13-16-26-35-27-17-14-11-8-7-9-12-15-19-30(33)31-24-18-25-34-29-22-20-28(32)21-23-29/h20-23,32H,2-19,24-27H2,1H3,(H,31,33). The van der Waals surface area contributed by atoms with Gasteiger partial charge in [-0.1, -0.05) is 90.4 Å². The molecule has 0 unspecified atom stereocenters. The lowest BCUT2D eigenvalue weighted by Crippen LogP contribution is -2.25. The lowest BCUT2D eigenvalue weighted by Gasteiger charge is -2.07. The molecule has 0 aliphatic heterocycles. The molecule has 0 aliphatic rings.